The van der Waals surface area contributed by atoms with Crippen LogP contribution in [0.4, 0.5) is 18.3 Å². The van der Waals surface area contributed by atoms with Crippen molar-refractivity contribution in [1.82, 2.24) is 4.98 Å². The van der Waals surface area contributed by atoms with E-state index in [1.54, 1.807) is 24.3 Å². The summed E-state index contributed by atoms with van der Waals surface area (Å²) in [6.45, 7) is 0. The minimum atomic E-state index is -4.40. The van der Waals surface area contributed by atoms with Gasteiger partial charge in [-0.1, -0.05) is 29.8 Å². The molecule has 33 heavy (non-hydrogen) atoms. The molecule has 170 valence electrons. The molecule has 0 aliphatic carbocycles. The normalized spacial score (nSPS) is 11.9. The Morgan fingerprint density at radius 2 is 2.09 bits per heavy atom. The zero-order valence-electron chi connectivity index (χ0n) is 17.1. The quantitative estimate of drug-likeness (QED) is 0.300. The zero-order valence-corrected chi connectivity index (χ0v) is 18.6. The van der Waals surface area contributed by atoms with Crippen molar-refractivity contribution in [2.45, 2.75) is 12.6 Å². The highest BCUT2D eigenvalue weighted by atomic mass is 35.5. The van der Waals surface area contributed by atoms with E-state index in [4.69, 9.17) is 20.8 Å². The Kier molecular flexibility index (Phi) is 6.44. The molecule has 4 aromatic rings. The molecule has 0 saturated heterocycles. The molecule has 10 heteroatoms. The number of halogens is 4. The number of alkyl halides is 3. The van der Waals surface area contributed by atoms with Gasteiger partial charge >= 0.3 is 6.18 Å². The van der Waals surface area contributed by atoms with Crippen molar-refractivity contribution in [3.05, 3.63) is 81.5 Å². The van der Waals surface area contributed by atoms with Crippen molar-refractivity contribution in [2.75, 3.05) is 12.4 Å². The summed E-state index contributed by atoms with van der Waals surface area (Å²) in [5, 5.41) is 4.20. The van der Waals surface area contributed by atoms with E-state index in [1.807, 2.05) is 0 Å². The van der Waals surface area contributed by atoms with E-state index in [-0.39, 0.29) is 6.42 Å². The maximum absolute atomic E-state index is 12.9. The van der Waals surface area contributed by atoms with Gasteiger partial charge < -0.3 is 9.15 Å². The van der Waals surface area contributed by atoms with E-state index < -0.39 is 17.6 Å². The first-order valence-corrected chi connectivity index (χ1v) is 10.8. The van der Waals surface area contributed by atoms with Gasteiger partial charge in [-0.25, -0.2) is 4.98 Å². The van der Waals surface area contributed by atoms with Crippen LogP contribution in [0.1, 0.15) is 21.8 Å². The molecule has 0 aliphatic rings. The fraction of sp³-hybridized carbons (Fsp3) is 0.130. The van der Waals surface area contributed by atoms with E-state index in [1.165, 1.54) is 42.9 Å². The summed E-state index contributed by atoms with van der Waals surface area (Å²) in [6.07, 6.45) is 0.197. The van der Waals surface area contributed by atoms with E-state index in [2.05, 4.69) is 10.3 Å². The molecule has 0 bridgehead atoms. The number of carbonyl (C=O) groups is 1. The van der Waals surface area contributed by atoms with Gasteiger partial charge in [0.15, 0.2) is 16.5 Å². The minimum Gasteiger partial charge on any atom is -0.493 e. The van der Waals surface area contributed by atoms with E-state index in [0.717, 1.165) is 22.4 Å². The van der Waals surface area contributed by atoms with Crippen LogP contribution in [0.25, 0.3) is 17.0 Å². The second-order valence-electron chi connectivity index (χ2n) is 7.00. The minimum absolute atomic E-state index is 0.274. The van der Waals surface area contributed by atoms with Crippen LogP contribution in [-0.4, -0.2) is 18.0 Å². The highest BCUT2D eigenvalue weighted by Gasteiger charge is 2.30. The Morgan fingerprint density at radius 3 is 2.85 bits per heavy atom. The molecule has 0 atom stereocenters. The van der Waals surface area contributed by atoms with Crippen molar-refractivity contribution in [2.24, 2.45) is 0 Å². The van der Waals surface area contributed by atoms with Crippen LogP contribution in [0.2, 0.25) is 5.02 Å². The Balaban J connectivity index is 1.41. The molecule has 0 unspecified atom stereocenters. The number of benzene rings is 2. The predicted octanol–water partition coefficient (Wildman–Crippen LogP) is 6.81. The first-order valence-electron chi connectivity index (χ1n) is 9.58. The van der Waals surface area contributed by atoms with Crippen molar-refractivity contribution < 1.29 is 27.1 Å². The van der Waals surface area contributed by atoms with Crippen LogP contribution in [0.5, 0.6) is 5.75 Å². The molecule has 1 amide bonds. The number of thiazole rings is 1. The molecular formula is C23H16ClF3N2O3S. The summed E-state index contributed by atoms with van der Waals surface area (Å²) >= 11 is 7.24. The summed E-state index contributed by atoms with van der Waals surface area (Å²) in [5.74, 6) is 0.489. The Hall–Kier alpha value is -3.30. The molecule has 0 spiro atoms. The van der Waals surface area contributed by atoms with Crippen molar-refractivity contribution in [3.8, 4) is 5.75 Å². The lowest BCUT2D eigenvalue weighted by atomic mass is 10.1. The van der Waals surface area contributed by atoms with Gasteiger partial charge in [-0.05, 0) is 29.8 Å². The van der Waals surface area contributed by atoms with Crippen LogP contribution in [0.15, 0.2) is 59.2 Å². The number of hydrogen-bond acceptors (Lipinski definition) is 5. The standard InChI is InChI=1S/C23H16ClF3N2O3S/c1-31-19-11-16(24)9-14-10-17(32-21(14)19)5-6-20(30)29-22-28-12-18(33-22)8-13-3-2-4-15(7-13)23(25,26)27/h2-7,9-12H,8H2,1H3,(H,28,29,30). The Labute approximate surface area is 195 Å². The van der Waals surface area contributed by atoms with Gasteiger partial charge in [-0.2, -0.15) is 13.2 Å². The molecule has 4 rings (SSSR count). The van der Waals surface area contributed by atoms with Crippen LogP contribution >= 0.6 is 22.9 Å². The first kappa shape index (κ1) is 22.9. The molecule has 0 fully saturated rings. The number of methoxy groups -OCH3 is 1. The summed E-state index contributed by atoms with van der Waals surface area (Å²) in [4.78, 5) is 17.1. The third-order valence-electron chi connectivity index (χ3n) is 4.60. The van der Waals surface area contributed by atoms with Gasteiger partial charge in [0.05, 0.1) is 12.7 Å². The van der Waals surface area contributed by atoms with E-state index in [9.17, 15) is 18.0 Å². The third-order valence-corrected chi connectivity index (χ3v) is 5.73. The predicted molar refractivity (Wildman–Crippen MR) is 122 cm³/mol. The number of nitrogens with one attached hydrogen (secondary N) is 1. The second kappa shape index (κ2) is 9.29. The number of rotatable bonds is 6. The van der Waals surface area contributed by atoms with Crippen LogP contribution in [0, 0.1) is 0 Å². The van der Waals surface area contributed by atoms with E-state index in [0.29, 0.717) is 32.8 Å². The van der Waals surface area contributed by atoms with Gasteiger partial charge in [-0.15, -0.1) is 11.3 Å². The van der Waals surface area contributed by atoms with Crippen LogP contribution in [-0.2, 0) is 17.4 Å². The summed E-state index contributed by atoms with van der Waals surface area (Å²) in [5.41, 5.74) is 0.321. The van der Waals surface area contributed by atoms with Crippen LogP contribution < -0.4 is 10.1 Å². The number of aromatic nitrogens is 1. The average Bonchev–Trinajstić information content (AvgIpc) is 3.37. The number of amides is 1. The summed E-state index contributed by atoms with van der Waals surface area (Å²) < 4.78 is 49.6. The first-order chi connectivity index (χ1) is 15.7. The lowest BCUT2D eigenvalue weighted by molar-refractivity contribution is -0.137. The summed E-state index contributed by atoms with van der Waals surface area (Å²) in [7, 11) is 1.51. The number of nitrogens with zero attached hydrogens (tertiary/aromatic N) is 1. The van der Waals surface area contributed by atoms with Gasteiger partial charge in [0.2, 0.25) is 5.91 Å². The largest absolute Gasteiger partial charge is 0.493 e. The van der Waals surface area contributed by atoms with Gasteiger partial charge in [0.1, 0.15) is 5.76 Å². The number of carbonyl (C=O) groups excluding carboxylic acids is 1. The van der Waals surface area contributed by atoms with E-state index >= 15 is 0 Å². The van der Waals surface area contributed by atoms with Gasteiger partial charge in [0, 0.05) is 40.0 Å². The maximum Gasteiger partial charge on any atom is 0.416 e. The molecule has 2 aromatic heterocycles. The topological polar surface area (TPSA) is 64.4 Å². The molecule has 2 heterocycles. The van der Waals surface area contributed by atoms with Crippen molar-refractivity contribution in [1.29, 1.82) is 0 Å². The SMILES string of the molecule is COc1cc(Cl)cc2cc(C=CC(=O)Nc3ncc(Cc4cccc(C(F)(F)F)c4)s3)oc12. The van der Waals surface area contributed by atoms with Gasteiger partial charge in [0.25, 0.3) is 0 Å². The monoisotopic (exact) mass is 492 g/mol. The highest BCUT2D eigenvalue weighted by molar-refractivity contribution is 7.15. The molecule has 0 saturated carbocycles. The summed E-state index contributed by atoms with van der Waals surface area (Å²) in [6, 6.07) is 10.2. The molecule has 5 nitrogen and oxygen atoms in total. The molecule has 1 N–H and O–H groups in total. The van der Waals surface area contributed by atoms with Crippen molar-refractivity contribution >= 4 is 51.0 Å². The van der Waals surface area contributed by atoms with Crippen molar-refractivity contribution in [3.63, 3.8) is 0 Å². The number of anilines is 1. The average molecular weight is 493 g/mol. The Morgan fingerprint density at radius 1 is 1.27 bits per heavy atom. The second-order valence-corrected chi connectivity index (χ2v) is 8.56. The zero-order chi connectivity index (χ0) is 23.6. The number of fused-ring (bicyclic) bond motifs is 1. The third kappa shape index (κ3) is 5.55. The number of hydrogen-bond donors (Lipinski definition) is 1. The fourth-order valence-corrected chi connectivity index (χ4v) is 4.22. The number of furan rings is 1. The van der Waals surface area contributed by atoms with Gasteiger partial charge in [-0.3, -0.25) is 10.1 Å². The molecule has 0 aliphatic heterocycles. The Bertz CT molecular complexity index is 1340. The van der Waals surface area contributed by atoms with Crippen LogP contribution in [0.3, 0.4) is 0 Å². The maximum atomic E-state index is 12.9. The lowest BCUT2D eigenvalue weighted by Gasteiger charge is -2.07. The molecule has 0 radical (unpaired) electrons. The fourth-order valence-electron chi connectivity index (χ4n) is 3.15. The molecular weight excluding hydrogens is 477 g/mol. The lowest BCUT2D eigenvalue weighted by Crippen LogP contribution is -2.06. The molecule has 2 aromatic carbocycles. The number of ether oxygens (including phenoxy) is 1. The highest BCUT2D eigenvalue weighted by Crippen LogP contribution is 2.33. The smallest absolute Gasteiger partial charge is 0.416 e.